The van der Waals surface area contributed by atoms with Crippen LogP contribution in [-0.2, 0) is 9.53 Å². The molecule has 0 bridgehead atoms. The number of carbonyl (C=O) groups is 1. The maximum absolute atomic E-state index is 13.3. The lowest BCUT2D eigenvalue weighted by Crippen LogP contribution is -2.49. The van der Waals surface area contributed by atoms with Gasteiger partial charge in [0.1, 0.15) is 0 Å². The molecule has 1 aromatic carbocycles. The maximum Gasteiger partial charge on any atom is 0.276 e. The second kappa shape index (κ2) is 8.50. The number of thiocarbonyl (C=S) groups is 1. The highest BCUT2D eigenvalue weighted by molar-refractivity contribution is 7.80. The Labute approximate surface area is 133 Å². The van der Waals surface area contributed by atoms with Gasteiger partial charge in [-0.1, -0.05) is 12.1 Å². The molecule has 0 spiro atoms. The molecule has 120 valence electrons. The molecule has 6 nitrogen and oxygen atoms in total. The van der Waals surface area contributed by atoms with E-state index in [9.17, 15) is 9.18 Å². The molecule has 1 aromatic rings. The second-order valence-electron chi connectivity index (χ2n) is 4.74. The monoisotopic (exact) mass is 327 g/mol. The number of carbonyl (C=O) groups excluding carboxylic acids is 1. The summed E-state index contributed by atoms with van der Waals surface area (Å²) in [5, 5.41) is 3.23. The van der Waals surface area contributed by atoms with Crippen LogP contribution in [0.3, 0.4) is 0 Å². The summed E-state index contributed by atoms with van der Waals surface area (Å²) in [5.41, 5.74) is 4.92. The molecule has 1 atom stereocenters. The van der Waals surface area contributed by atoms with Crippen molar-refractivity contribution in [2.24, 2.45) is 0 Å². The zero-order valence-electron chi connectivity index (χ0n) is 11.9. The van der Waals surface area contributed by atoms with Gasteiger partial charge in [0, 0.05) is 13.2 Å². The van der Waals surface area contributed by atoms with Crippen molar-refractivity contribution in [3.8, 4) is 5.75 Å². The Morgan fingerprint density at radius 2 is 2.23 bits per heavy atom. The lowest BCUT2D eigenvalue weighted by atomic mass is 10.2. The number of ether oxygens (including phenoxy) is 2. The normalized spacial score (nSPS) is 16.9. The van der Waals surface area contributed by atoms with Gasteiger partial charge in [-0.3, -0.25) is 15.6 Å². The van der Waals surface area contributed by atoms with Gasteiger partial charge in [-0.25, -0.2) is 4.39 Å². The van der Waals surface area contributed by atoms with E-state index < -0.39 is 11.7 Å². The van der Waals surface area contributed by atoms with E-state index >= 15 is 0 Å². The number of hydrazine groups is 1. The molecule has 1 saturated heterocycles. The zero-order valence-corrected chi connectivity index (χ0v) is 12.7. The van der Waals surface area contributed by atoms with Crippen LogP contribution in [0, 0.1) is 5.82 Å². The molecule has 1 aliphatic heterocycles. The second-order valence-corrected chi connectivity index (χ2v) is 5.15. The van der Waals surface area contributed by atoms with E-state index in [-0.39, 0.29) is 23.6 Å². The van der Waals surface area contributed by atoms with Crippen molar-refractivity contribution in [2.75, 3.05) is 19.8 Å². The first kappa shape index (κ1) is 16.4. The highest BCUT2D eigenvalue weighted by Crippen LogP contribution is 2.14. The first-order chi connectivity index (χ1) is 10.6. The molecule has 0 radical (unpaired) electrons. The molecule has 1 amide bonds. The average Bonchev–Trinajstić information content (AvgIpc) is 3.03. The van der Waals surface area contributed by atoms with Crippen LogP contribution >= 0.6 is 12.2 Å². The first-order valence-corrected chi connectivity index (χ1v) is 7.37. The molecule has 1 heterocycles. The summed E-state index contributed by atoms with van der Waals surface area (Å²) < 4.78 is 23.8. The van der Waals surface area contributed by atoms with Gasteiger partial charge in [0.2, 0.25) is 0 Å². The van der Waals surface area contributed by atoms with Gasteiger partial charge in [0.15, 0.2) is 23.3 Å². The number of halogens is 1. The molecular formula is C14H18FN3O3S. The quantitative estimate of drug-likeness (QED) is 0.551. The van der Waals surface area contributed by atoms with Crippen LogP contribution < -0.4 is 20.9 Å². The number of para-hydroxylation sites is 1. The lowest BCUT2D eigenvalue weighted by molar-refractivity contribution is -0.123. The van der Waals surface area contributed by atoms with Crippen molar-refractivity contribution < 1.29 is 18.7 Å². The van der Waals surface area contributed by atoms with E-state index in [2.05, 4.69) is 16.2 Å². The molecule has 3 N–H and O–H groups in total. The van der Waals surface area contributed by atoms with Crippen LogP contribution in [0.2, 0.25) is 0 Å². The minimum absolute atomic E-state index is 0.0248. The van der Waals surface area contributed by atoms with Gasteiger partial charge >= 0.3 is 0 Å². The van der Waals surface area contributed by atoms with Gasteiger partial charge in [-0.2, -0.15) is 0 Å². The van der Waals surface area contributed by atoms with Crippen LogP contribution in [-0.4, -0.2) is 36.9 Å². The summed E-state index contributed by atoms with van der Waals surface area (Å²) >= 11 is 5.01. The number of amides is 1. The molecule has 22 heavy (non-hydrogen) atoms. The minimum atomic E-state index is -0.517. The Balaban J connectivity index is 1.60. The molecule has 1 fully saturated rings. The van der Waals surface area contributed by atoms with Gasteiger partial charge < -0.3 is 14.8 Å². The largest absolute Gasteiger partial charge is 0.481 e. The van der Waals surface area contributed by atoms with E-state index in [1.54, 1.807) is 12.1 Å². The fourth-order valence-corrected chi connectivity index (χ4v) is 2.06. The summed E-state index contributed by atoms with van der Waals surface area (Å²) in [6, 6.07) is 5.88. The van der Waals surface area contributed by atoms with Crippen LogP contribution in [0.4, 0.5) is 4.39 Å². The Hall–Kier alpha value is -1.93. The Morgan fingerprint density at radius 3 is 2.95 bits per heavy atom. The summed E-state index contributed by atoms with van der Waals surface area (Å²) in [6.45, 7) is 1.05. The van der Waals surface area contributed by atoms with Crippen molar-refractivity contribution in [1.82, 2.24) is 16.2 Å². The fraction of sp³-hybridized carbons (Fsp3) is 0.429. The third-order valence-electron chi connectivity index (χ3n) is 3.03. The number of nitrogens with one attached hydrogen (secondary N) is 3. The summed E-state index contributed by atoms with van der Waals surface area (Å²) in [6.07, 6.45) is 2.20. The topological polar surface area (TPSA) is 71.6 Å². The fourth-order valence-electron chi connectivity index (χ4n) is 1.92. The van der Waals surface area contributed by atoms with Gasteiger partial charge in [0.05, 0.1) is 6.10 Å². The smallest absolute Gasteiger partial charge is 0.276 e. The molecule has 8 heteroatoms. The molecule has 0 aliphatic carbocycles. The Bertz CT molecular complexity index is 524. The van der Waals surface area contributed by atoms with Crippen LogP contribution in [0.15, 0.2) is 24.3 Å². The van der Waals surface area contributed by atoms with Crippen molar-refractivity contribution in [3.63, 3.8) is 0 Å². The van der Waals surface area contributed by atoms with Gasteiger partial charge in [-0.15, -0.1) is 0 Å². The molecule has 0 saturated carbocycles. The van der Waals surface area contributed by atoms with E-state index in [0.29, 0.717) is 6.54 Å². The van der Waals surface area contributed by atoms with Crippen molar-refractivity contribution >= 4 is 23.2 Å². The molecule has 2 rings (SSSR count). The highest BCUT2D eigenvalue weighted by atomic mass is 32.1. The van der Waals surface area contributed by atoms with E-state index in [0.717, 1.165) is 19.4 Å². The van der Waals surface area contributed by atoms with Gasteiger partial charge in [0.25, 0.3) is 5.91 Å². The predicted octanol–water partition coefficient (Wildman–Crippen LogP) is 0.879. The molecule has 1 aliphatic rings. The van der Waals surface area contributed by atoms with Gasteiger partial charge in [-0.05, 0) is 37.2 Å². The highest BCUT2D eigenvalue weighted by Gasteiger charge is 2.15. The SMILES string of the molecule is O=C(COc1ccccc1F)NNC(=S)NCC1CCCO1. The van der Waals surface area contributed by atoms with Crippen LogP contribution in [0.1, 0.15) is 12.8 Å². The number of hydrogen-bond acceptors (Lipinski definition) is 4. The minimum Gasteiger partial charge on any atom is -0.481 e. The maximum atomic E-state index is 13.3. The lowest BCUT2D eigenvalue weighted by Gasteiger charge is -2.14. The summed E-state index contributed by atoms with van der Waals surface area (Å²) in [5.74, 6) is -0.960. The summed E-state index contributed by atoms with van der Waals surface area (Å²) in [4.78, 5) is 11.6. The Kier molecular flexibility index (Phi) is 6.35. The number of rotatable bonds is 5. The van der Waals surface area contributed by atoms with Crippen molar-refractivity contribution in [3.05, 3.63) is 30.1 Å². The van der Waals surface area contributed by atoms with Crippen LogP contribution in [0.5, 0.6) is 5.75 Å². The zero-order chi connectivity index (χ0) is 15.8. The molecule has 0 aromatic heterocycles. The van der Waals surface area contributed by atoms with Crippen LogP contribution in [0.25, 0.3) is 0 Å². The summed E-state index contributed by atoms with van der Waals surface area (Å²) in [7, 11) is 0. The Morgan fingerprint density at radius 1 is 1.41 bits per heavy atom. The molecular weight excluding hydrogens is 309 g/mol. The first-order valence-electron chi connectivity index (χ1n) is 6.97. The predicted molar refractivity (Wildman–Crippen MR) is 82.7 cm³/mol. The number of benzene rings is 1. The van der Waals surface area contributed by atoms with E-state index in [1.807, 2.05) is 0 Å². The van der Waals surface area contributed by atoms with E-state index in [1.165, 1.54) is 12.1 Å². The standard InChI is InChI=1S/C14H18FN3O3S/c15-11-5-1-2-6-12(11)21-9-13(19)17-18-14(22)16-8-10-4-3-7-20-10/h1-2,5-6,10H,3-4,7-9H2,(H,17,19)(H2,16,18,22). The third-order valence-corrected chi connectivity index (χ3v) is 3.27. The van der Waals surface area contributed by atoms with Crippen molar-refractivity contribution in [2.45, 2.75) is 18.9 Å². The number of hydrogen-bond donors (Lipinski definition) is 3. The van der Waals surface area contributed by atoms with Crippen molar-refractivity contribution in [1.29, 1.82) is 0 Å². The third kappa shape index (κ3) is 5.45. The average molecular weight is 327 g/mol. The van der Waals surface area contributed by atoms with E-state index in [4.69, 9.17) is 21.7 Å². The molecule has 1 unspecified atom stereocenters.